The largest absolute Gasteiger partial charge is 0.347 e. The minimum absolute atomic E-state index is 0.110. The molecule has 2 aliphatic carbocycles. The second-order valence-corrected chi connectivity index (χ2v) is 12.0. The van der Waals surface area contributed by atoms with Gasteiger partial charge in [0.25, 0.3) is 10.1 Å². The Hall–Kier alpha value is -1.07. The Morgan fingerprint density at radius 2 is 1.47 bits per heavy atom. The minimum atomic E-state index is -4.05. The molecule has 3 aliphatic heterocycles. The van der Waals surface area contributed by atoms with Gasteiger partial charge in [0.2, 0.25) is 0 Å². The predicted octanol–water partition coefficient (Wildman–Crippen LogP) is 3.95. The van der Waals surface area contributed by atoms with Gasteiger partial charge in [-0.25, -0.2) is 0 Å². The van der Waals surface area contributed by atoms with Gasteiger partial charge in [0, 0.05) is 25.7 Å². The number of benzene rings is 1. The van der Waals surface area contributed by atoms with E-state index in [0.717, 1.165) is 63.4 Å². The Labute approximate surface area is 201 Å². The fraction of sp³-hybridized carbons (Fsp3) is 0.760. The maximum Gasteiger partial charge on any atom is 0.297 e. The van der Waals surface area contributed by atoms with Gasteiger partial charge in [-0.1, -0.05) is 30.5 Å². The van der Waals surface area contributed by atoms with Crippen LogP contribution >= 0.6 is 0 Å². The highest BCUT2D eigenvalue weighted by atomic mass is 32.2. The van der Waals surface area contributed by atoms with Gasteiger partial charge in [0.15, 0.2) is 17.9 Å². The number of rotatable bonds is 4. The summed E-state index contributed by atoms with van der Waals surface area (Å²) < 4.78 is 64.0. The number of hydrogen-bond donors (Lipinski definition) is 0. The summed E-state index contributed by atoms with van der Waals surface area (Å²) in [5.41, 5.74) is 0.974. The zero-order valence-electron chi connectivity index (χ0n) is 19.6. The summed E-state index contributed by atoms with van der Waals surface area (Å²) in [6.45, 7) is 2.24. The highest BCUT2D eigenvalue weighted by Crippen LogP contribution is 2.48. The van der Waals surface area contributed by atoms with E-state index in [0.29, 0.717) is 6.61 Å². The maximum absolute atomic E-state index is 13.3. The lowest BCUT2D eigenvalue weighted by atomic mass is 9.94. The molecule has 5 atom stereocenters. The normalized spacial score (nSPS) is 36.8. The predicted molar refractivity (Wildman–Crippen MR) is 120 cm³/mol. The molecule has 5 fully saturated rings. The third-order valence-corrected chi connectivity index (χ3v) is 9.24. The fourth-order valence-electron chi connectivity index (χ4n) is 6.09. The Kier molecular flexibility index (Phi) is 6.04. The fourth-order valence-corrected chi connectivity index (χ4v) is 7.18. The molecule has 1 aromatic carbocycles. The van der Waals surface area contributed by atoms with Crippen molar-refractivity contribution in [3.8, 4) is 0 Å². The van der Waals surface area contributed by atoms with Crippen molar-refractivity contribution in [3.05, 3.63) is 29.8 Å². The van der Waals surface area contributed by atoms with Crippen molar-refractivity contribution in [2.45, 2.75) is 118 Å². The van der Waals surface area contributed by atoms with E-state index in [9.17, 15) is 8.42 Å². The Morgan fingerprint density at radius 3 is 2.15 bits per heavy atom. The Bertz CT molecular complexity index is 981. The van der Waals surface area contributed by atoms with Gasteiger partial charge in [0.05, 0.1) is 11.5 Å². The zero-order valence-corrected chi connectivity index (χ0v) is 20.5. The molecule has 9 heteroatoms. The van der Waals surface area contributed by atoms with Crippen LogP contribution in [-0.4, -0.2) is 57.3 Å². The molecular weight excluding hydrogens is 460 g/mol. The Balaban J connectivity index is 1.26. The van der Waals surface area contributed by atoms with Crippen molar-refractivity contribution in [2.75, 3.05) is 6.61 Å². The summed E-state index contributed by atoms with van der Waals surface area (Å²) in [5, 5.41) is 0. The molecule has 0 amide bonds. The molecule has 2 saturated carbocycles. The molecule has 0 unspecified atom stereocenters. The van der Waals surface area contributed by atoms with Crippen LogP contribution in [-0.2, 0) is 38.0 Å². The standard InChI is InChI=1S/C25H34O8S/c1-17-8-10-18(11-9-17)34(26,27)33-21-20(19-16-28-24(30-19)12-4-2-5-13-24)29-23-22(21)31-25(32-23)14-6-3-7-15-25/h8-11,19-23H,2-7,12-16H2,1H3/t19-,20-,21+,22+,23+/m0/s1. The highest BCUT2D eigenvalue weighted by molar-refractivity contribution is 7.86. The summed E-state index contributed by atoms with van der Waals surface area (Å²) in [6.07, 6.45) is 6.35. The van der Waals surface area contributed by atoms with Gasteiger partial charge >= 0.3 is 0 Å². The smallest absolute Gasteiger partial charge is 0.297 e. The maximum atomic E-state index is 13.3. The van der Waals surface area contributed by atoms with Gasteiger partial charge in [0.1, 0.15) is 24.4 Å². The molecule has 0 bridgehead atoms. The molecular formula is C25H34O8S. The number of fused-ring (bicyclic) bond motifs is 1. The first-order valence-corrected chi connectivity index (χ1v) is 14.1. The van der Waals surface area contributed by atoms with E-state index in [4.69, 9.17) is 27.9 Å². The van der Waals surface area contributed by atoms with Crippen molar-refractivity contribution in [2.24, 2.45) is 0 Å². The van der Waals surface area contributed by atoms with Gasteiger partial charge in [-0.3, -0.25) is 4.18 Å². The van der Waals surface area contributed by atoms with Crippen LogP contribution in [0.1, 0.15) is 69.8 Å². The van der Waals surface area contributed by atoms with Crippen molar-refractivity contribution >= 4 is 10.1 Å². The molecule has 2 spiro atoms. The van der Waals surface area contributed by atoms with Gasteiger partial charge in [-0.15, -0.1) is 0 Å². The van der Waals surface area contributed by atoms with E-state index < -0.39 is 52.4 Å². The second kappa shape index (κ2) is 8.80. The van der Waals surface area contributed by atoms with Gasteiger partial charge in [-0.05, 0) is 44.7 Å². The number of aryl methyl sites for hydroxylation is 1. The molecule has 0 N–H and O–H groups in total. The van der Waals surface area contributed by atoms with Crippen LogP contribution < -0.4 is 0 Å². The van der Waals surface area contributed by atoms with Crippen LogP contribution in [0.25, 0.3) is 0 Å². The van der Waals surface area contributed by atoms with Crippen molar-refractivity contribution in [1.29, 1.82) is 0 Å². The van der Waals surface area contributed by atoms with Crippen molar-refractivity contribution in [1.82, 2.24) is 0 Å². The topological polar surface area (TPSA) is 89.5 Å². The van der Waals surface area contributed by atoms with Crippen LogP contribution in [0, 0.1) is 6.92 Å². The molecule has 3 heterocycles. The number of ether oxygens (including phenoxy) is 5. The summed E-state index contributed by atoms with van der Waals surface area (Å²) in [4.78, 5) is 0.110. The lowest BCUT2D eigenvalue weighted by Gasteiger charge is -2.35. The SMILES string of the molecule is Cc1ccc(S(=O)(=O)O[C@@H]2[C@H]([C@@H]3COC4(CCCCC4)O3)O[C@@H]3OC4(CCCCC4)O[C@@H]32)cc1. The van der Waals surface area contributed by atoms with Crippen LogP contribution in [0.5, 0.6) is 0 Å². The van der Waals surface area contributed by atoms with Gasteiger partial charge in [-0.2, -0.15) is 8.42 Å². The minimum Gasteiger partial charge on any atom is -0.347 e. The first kappa shape index (κ1) is 23.3. The van der Waals surface area contributed by atoms with E-state index in [1.165, 1.54) is 6.42 Å². The van der Waals surface area contributed by atoms with E-state index in [2.05, 4.69) is 0 Å². The van der Waals surface area contributed by atoms with E-state index in [-0.39, 0.29) is 4.90 Å². The van der Waals surface area contributed by atoms with Gasteiger partial charge < -0.3 is 23.7 Å². The van der Waals surface area contributed by atoms with E-state index in [1.54, 1.807) is 24.3 Å². The summed E-state index contributed by atoms with van der Waals surface area (Å²) in [7, 11) is -4.05. The lowest BCUT2D eigenvalue weighted by Crippen LogP contribution is -2.46. The van der Waals surface area contributed by atoms with Crippen LogP contribution in [0.4, 0.5) is 0 Å². The molecule has 8 nitrogen and oxygen atoms in total. The lowest BCUT2D eigenvalue weighted by molar-refractivity contribution is -0.258. The molecule has 0 radical (unpaired) electrons. The first-order valence-electron chi connectivity index (χ1n) is 12.7. The molecule has 6 rings (SSSR count). The molecule has 3 saturated heterocycles. The molecule has 188 valence electrons. The third-order valence-electron chi connectivity index (χ3n) is 7.91. The summed E-state index contributed by atoms with van der Waals surface area (Å²) in [6, 6.07) is 6.64. The molecule has 0 aromatic heterocycles. The monoisotopic (exact) mass is 494 g/mol. The first-order chi connectivity index (χ1) is 16.4. The average molecular weight is 495 g/mol. The second-order valence-electron chi connectivity index (χ2n) is 10.4. The van der Waals surface area contributed by atoms with Crippen molar-refractivity contribution < 1.29 is 36.3 Å². The average Bonchev–Trinajstić information content (AvgIpc) is 3.47. The number of hydrogen-bond acceptors (Lipinski definition) is 8. The van der Waals surface area contributed by atoms with E-state index in [1.807, 2.05) is 6.92 Å². The quantitative estimate of drug-likeness (QED) is 0.582. The molecule has 5 aliphatic rings. The highest BCUT2D eigenvalue weighted by Gasteiger charge is 2.62. The van der Waals surface area contributed by atoms with Crippen LogP contribution in [0.2, 0.25) is 0 Å². The molecule has 1 aromatic rings. The Morgan fingerprint density at radius 1 is 0.824 bits per heavy atom. The zero-order chi connectivity index (χ0) is 23.4. The molecule has 34 heavy (non-hydrogen) atoms. The third kappa shape index (κ3) is 4.23. The van der Waals surface area contributed by atoms with Crippen LogP contribution in [0.15, 0.2) is 29.2 Å². The summed E-state index contributed by atoms with van der Waals surface area (Å²) in [5.74, 6) is -1.32. The van der Waals surface area contributed by atoms with Crippen LogP contribution in [0.3, 0.4) is 0 Å². The van der Waals surface area contributed by atoms with E-state index >= 15 is 0 Å². The summed E-state index contributed by atoms with van der Waals surface area (Å²) >= 11 is 0. The van der Waals surface area contributed by atoms with Crippen molar-refractivity contribution in [3.63, 3.8) is 0 Å².